The number of benzene rings is 1. The Bertz CT molecular complexity index is 447. The smallest absolute Gasteiger partial charge is 0.242 e. The maximum atomic E-state index is 12.1. The highest BCUT2D eigenvalue weighted by Crippen LogP contribution is 2.11. The van der Waals surface area contributed by atoms with Gasteiger partial charge < -0.3 is 16.4 Å². The van der Waals surface area contributed by atoms with E-state index in [2.05, 4.69) is 10.6 Å². The highest BCUT2D eigenvalue weighted by atomic mass is 16.2. The molecule has 2 amide bonds. The number of carbonyl (C=O) groups excluding carboxylic acids is 2. The van der Waals surface area contributed by atoms with Crippen LogP contribution in [-0.4, -0.2) is 24.4 Å². The van der Waals surface area contributed by atoms with Gasteiger partial charge in [-0.2, -0.15) is 0 Å². The van der Waals surface area contributed by atoms with E-state index in [4.69, 9.17) is 5.73 Å². The van der Waals surface area contributed by atoms with Crippen LogP contribution in [0.1, 0.15) is 30.9 Å². The average Bonchev–Trinajstić information content (AvgIpc) is 2.64. The van der Waals surface area contributed by atoms with Crippen molar-refractivity contribution < 1.29 is 9.59 Å². The molecule has 19 heavy (non-hydrogen) atoms. The van der Waals surface area contributed by atoms with Gasteiger partial charge in [-0.05, 0) is 24.8 Å². The molecular formula is C14H19N3O2. The van der Waals surface area contributed by atoms with E-state index >= 15 is 0 Å². The largest absolute Gasteiger partial charge is 0.354 e. The van der Waals surface area contributed by atoms with Gasteiger partial charge in [0.25, 0.3) is 0 Å². The lowest BCUT2D eigenvalue weighted by atomic mass is 10.1. The zero-order valence-electron chi connectivity index (χ0n) is 10.8. The van der Waals surface area contributed by atoms with Crippen molar-refractivity contribution in [3.63, 3.8) is 0 Å². The number of nitrogens with two attached hydrogens (primary N) is 1. The topological polar surface area (TPSA) is 84.2 Å². The summed E-state index contributed by atoms with van der Waals surface area (Å²) < 4.78 is 0. The third-order valence-electron chi connectivity index (χ3n) is 3.29. The van der Waals surface area contributed by atoms with E-state index in [0.29, 0.717) is 13.0 Å². The summed E-state index contributed by atoms with van der Waals surface area (Å²) in [6, 6.07) is 7.94. The molecule has 5 nitrogen and oxygen atoms in total. The van der Waals surface area contributed by atoms with E-state index in [-0.39, 0.29) is 11.8 Å². The number of nitrogens with one attached hydrogen (secondary N) is 2. The molecule has 2 atom stereocenters. The van der Waals surface area contributed by atoms with E-state index in [1.165, 1.54) is 0 Å². The van der Waals surface area contributed by atoms with Gasteiger partial charge in [-0.15, -0.1) is 0 Å². The van der Waals surface area contributed by atoms with Crippen LogP contribution in [0.25, 0.3) is 0 Å². The Morgan fingerprint density at radius 3 is 2.79 bits per heavy atom. The first-order valence-electron chi connectivity index (χ1n) is 6.57. The van der Waals surface area contributed by atoms with Crippen molar-refractivity contribution in [1.29, 1.82) is 0 Å². The summed E-state index contributed by atoms with van der Waals surface area (Å²) >= 11 is 0. The number of amides is 2. The predicted molar refractivity (Wildman–Crippen MR) is 72.2 cm³/mol. The number of hydrogen-bond acceptors (Lipinski definition) is 3. The van der Waals surface area contributed by atoms with Crippen LogP contribution in [0.2, 0.25) is 0 Å². The molecule has 0 radical (unpaired) electrons. The van der Waals surface area contributed by atoms with Crippen LogP contribution >= 0.6 is 0 Å². The predicted octanol–water partition coefficient (Wildman–Crippen LogP) is 0.471. The zero-order valence-corrected chi connectivity index (χ0v) is 10.8. The molecule has 1 aliphatic heterocycles. The first-order chi connectivity index (χ1) is 9.18. The summed E-state index contributed by atoms with van der Waals surface area (Å²) in [7, 11) is 0. The number of hydrogen-bond donors (Lipinski definition) is 3. The molecule has 1 aromatic carbocycles. The van der Waals surface area contributed by atoms with Gasteiger partial charge in [0.15, 0.2) is 0 Å². The van der Waals surface area contributed by atoms with Crippen LogP contribution in [-0.2, 0) is 9.59 Å². The van der Waals surface area contributed by atoms with Gasteiger partial charge in [-0.1, -0.05) is 30.3 Å². The first-order valence-corrected chi connectivity index (χ1v) is 6.57. The van der Waals surface area contributed by atoms with Crippen LogP contribution < -0.4 is 16.4 Å². The highest BCUT2D eigenvalue weighted by Gasteiger charge is 2.25. The van der Waals surface area contributed by atoms with Crippen LogP contribution in [0.3, 0.4) is 0 Å². The second-order valence-electron chi connectivity index (χ2n) is 4.74. The maximum absolute atomic E-state index is 12.1. The second kappa shape index (κ2) is 6.33. The van der Waals surface area contributed by atoms with Gasteiger partial charge in [-0.25, -0.2) is 0 Å². The van der Waals surface area contributed by atoms with Crippen molar-refractivity contribution in [1.82, 2.24) is 10.6 Å². The summed E-state index contributed by atoms with van der Waals surface area (Å²) in [5, 5.41) is 5.52. The zero-order chi connectivity index (χ0) is 13.7. The first kappa shape index (κ1) is 13.5. The van der Waals surface area contributed by atoms with Crippen LogP contribution in [0.15, 0.2) is 30.3 Å². The monoisotopic (exact) mass is 261 g/mol. The summed E-state index contributed by atoms with van der Waals surface area (Å²) in [6.45, 7) is 0.677. The summed E-state index contributed by atoms with van der Waals surface area (Å²) in [4.78, 5) is 23.8. The quantitative estimate of drug-likeness (QED) is 0.739. The molecule has 102 valence electrons. The van der Waals surface area contributed by atoms with E-state index in [1.54, 1.807) is 12.1 Å². The number of rotatable bonds is 3. The van der Waals surface area contributed by atoms with Gasteiger partial charge in [0, 0.05) is 6.54 Å². The van der Waals surface area contributed by atoms with Gasteiger partial charge >= 0.3 is 0 Å². The molecule has 0 aromatic heterocycles. The molecule has 0 aliphatic carbocycles. The lowest BCUT2D eigenvalue weighted by Crippen LogP contribution is -2.48. The van der Waals surface area contributed by atoms with E-state index < -0.39 is 12.1 Å². The fraction of sp³-hybridized carbons (Fsp3) is 0.429. The summed E-state index contributed by atoms with van der Waals surface area (Å²) in [5.41, 5.74) is 6.64. The molecule has 1 saturated heterocycles. The van der Waals surface area contributed by atoms with Gasteiger partial charge in [0.05, 0.1) is 0 Å². The average molecular weight is 261 g/mol. The molecule has 1 fully saturated rings. The van der Waals surface area contributed by atoms with Crippen LogP contribution in [0.4, 0.5) is 0 Å². The molecular weight excluding hydrogens is 242 g/mol. The SMILES string of the molecule is N[C@@H](C(=O)NC1CCCCNC1=O)c1ccccc1. The molecule has 0 bridgehead atoms. The third kappa shape index (κ3) is 3.54. The molecule has 0 spiro atoms. The normalized spacial score (nSPS) is 21.1. The third-order valence-corrected chi connectivity index (χ3v) is 3.29. The molecule has 5 heteroatoms. The Morgan fingerprint density at radius 1 is 1.32 bits per heavy atom. The van der Waals surface area contributed by atoms with Gasteiger partial charge in [0.2, 0.25) is 11.8 Å². The molecule has 1 aliphatic rings. The van der Waals surface area contributed by atoms with Gasteiger partial charge in [0.1, 0.15) is 12.1 Å². The Kier molecular flexibility index (Phi) is 4.52. The summed E-state index contributed by atoms with van der Waals surface area (Å²) in [5.74, 6) is -0.431. The minimum atomic E-state index is -0.739. The lowest BCUT2D eigenvalue weighted by molar-refractivity contribution is -0.129. The van der Waals surface area contributed by atoms with E-state index in [9.17, 15) is 9.59 Å². The van der Waals surface area contributed by atoms with E-state index in [1.807, 2.05) is 18.2 Å². The van der Waals surface area contributed by atoms with Crippen molar-refractivity contribution in [2.45, 2.75) is 31.3 Å². The maximum Gasteiger partial charge on any atom is 0.242 e. The highest BCUT2D eigenvalue weighted by molar-refractivity contribution is 5.90. The molecule has 1 aromatic rings. The minimum absolute atomic E-state index is 0.119. The molecule has 0 saturated carbocycles. The molecule has 1 heterocycles. The second-order valence-corrected chi connectivity index (χ2v) is 4.74. The Morgan fingerprint density at radius 2 is 2.05 bits per heavy atom. The summed E-state index contributed by atoms with van der Waals surface area (Å²) in [6.07, 6.45) is 2.53. The van der Waals surface area contributed by atoms with Crippen molar-refractivity contribution in [3.8, 4) is 0 Å². The standard InChI is InChI=1S/C14H19N3O2/c15-12(10-6-2-1-3-7-10)14(19)17-11-8-4-5-9-16-13(11)18/h1-3,6-7,11-12H,4-5,8-9,15H2,(H,16,18)(H,17,19)/t11?,12-/m1/s1. The van der Waals surface area contributed by atoms with Crippen LogP contribution in [0.5, 0.6) is 0 Å². The fourth-order valence-corrected chi connectivity index (χ4v) is 2.15. The van der Waals surface area contributed by atoms with Crippen molar-refractivity contribution in [2.24, 2.45) is 5.73 Å². The minimum Gasteiger partial charge on any atom is -0.354 e. The van der Waals surface area contributed by atoms with E-state index in [0.717, 1.165) is 18.4 Å². The fourth-order valence-electron chi connectivity index (χ4n) is 2.15. The molecule has 4 N–H and O–H groups in total. The number of carbonyl (C=O) groups is 2. The Hall–Kier alpha value is -1.88. The van der Waals surface area contributed by atoms with Gasteiger partial charge in [-0.3, -0.25) is 9.59 Å². The van der Waals surface area contributed by atoms with Crippen molar-refractivity contribution in [2.75, 3.05) is 6.54 Å². The van der Waals surface area contributed by atoms with Crippen molar-refractivity contribution in [3.05, 3.63) is 35.9 Å². The lowest BCUT2D eigenvalue weighted by Gasteiger charge is -2.18. The molecule has 1 unspecified atom stereocenters. The molecule has 2 rings (SSSR count). The Balaban J connectivity index is 1.98. The van der Waals surface area contributed by atoms with Crippen LogP contribution in [0, 0.1) is 0 Å². The Labute approximate surface area is 112 Å². The van der Waals surface area contributed by atoms with Crippen molar-refractivity contribution >= 4 is 11.8 Å².